The molecule has 0 aromatic carbocycles. The predicted octanol–water partition coefficient (Wildman–Crippen LogP) is 0.167. The first-order chi connectivity index (χ1) is 7.17. The van der Waals surface area contributed by atoms with Crippen LogP contribution in [0, 0.1) is 0 Å². The minimum absolute atomic E-state index is 0.115. The van der Waals surface area contributed by atoms with Crippen molar-refractivity contribution in [1.29, 1.82) is 0 Å². The van der Waals surface area contributed by atoms with Crippen molar-refractivity contribution in [1.82, 2.24) is 4.98 Å². The Kier molecular flexibility index (Phi) is 4.05. The first-order valence-electron chi connectivity index (χ1n) is 4.43. The lowest BCUT2D eigenvalue weighted by Crippen LogP contribution is -2.24. The zero-order valence-corrected chi connectivity index (χ0v) is 8.64. The van der Waals surface area contributed by atoms with Crippen LogP contribution >= 0.6 is 0 Å². The lowest BCUT2D eigenvalue weighted by molar-refractivity contribution is -0.150. The van der Waals surface area contributed by atoms with Crippen LogP contribution in [0.5, 0.6) is 5.88 Å². The van der Waals surface area contributed by atoms with E-state index < -0.39 is 12.1 Å². The number of aromatic nitrogens is 1. The molecular weight excluding hydrogens is 198 g/mol. The minimum atomic E-state index is -1.19. The van der Waals surface area contributed by atoms with E-state index in [4.69, 9.17) is 4.74 Å². The third kappa shape index (κ3) is 3.21. The van der Waals surface area contributed by atoms with Crippen LogP contribution in [0.3, 0.4) is 0 Å². The molecule has 1 aromatic heterocycles. The van der Waals surface area contributed by atoms with Crippen molar-refractivity contribution in [2.75, 3.05) is 14.2 Å². The van der Waals surface area contributed by atoms with E-state index in [1.165, 1.54) is 14.2 Å². The van der Waals surface area contributed by atoms with Crippen LogP contribution in [0.1, 0.15) is 5.69 Å². The van der Waals surface area contributed by atoms with Gasteiger partial charge in [-0.3, -0.25) is 0 Å². The summed E-state index contributed by atoms with van der Waals surface area (Å²) in [7, 11) is 2.73. The number of nitrogens with zero attached hydrogens (tertiary/aromatic N) is 1. The number of carbonyl (C=O) groups is 1. The monoisotopic (exact) mass is 211 g/mol. The van der Waals surface area contributed by atoms with Gasteiger partial charge in [0, 0.05) is 18.2 Å². The molecule has 1 heterocycles. The van der Waals surface area contributed by atoms with Gasteiger partial charge in [0.15, 0.2) is 6.10 Å². The molecular formula is C10H13NO4. The number of aliphatic hydroxyl groups excluding tert-OH is 1. The van der Waals surface area contributed by atoms with Gasteiger partial charge in [0.1, 0.15) is 0 Å². The number of carbonyl (C=O) groups excluding carboxylic acids is 1. The van der Waals surface area contributed by atoms with Crippen molar-refractivity contribution >= 4 is 5.97 Å². The Labute approximate surface area is 87.7 Å². The molecule has 0 aliphatic heterocycles. The highest BCUT2D eigenvalue weighted by Gasteiger charge is 2.16. The van der Waals surface area contributed by atoms with Crippen LogP contribution in [0.15, 0.2) is 18.2 Å². The fraction of sp³-hybridized carbons (Fsp3) is 0.400. The topological polar surface area (TPSA) is 68.7 Å². The largest absolute Gasteiger partial charge is 0.481 e. The number of pyridine rings is 1. The van der Waals surface area contributed by atoms with Crippen LogP contribution in [-0.2, 0) is 16.0 Å². The van der Waals surface area contributed by atoms with Crippen LogP contribution in [-0.4, -0.2) is 36.4 Å². The number of hydrogen-bond donors (Lipinski definition) is 1. The predicted molar refractivity (Wildman–Crippen MR) is 52.5 cm³/mol. The number of esters is 1. The van der Waals surface area contributed by atoms with Crippen LogP contribution < -0.4 is 4.74 Å². The SMILES string of the molecule is COC(=O)C(O)Cc1cccc(OC)n1. The Bertz CT molecular complexity index is 340. The molecule has 5 nitrogen and oxygen atoms in total. The van der Waals surface area contributed by atoms with E-state index in [1.54, 1.807) is 18.2 Å². The highest BCUT2D eigenvalue weighted by Crippen LogP contribution is 2.08. The number of rotatable bonds is 4. The average molecular weight is 211 g/mol. The molecule has 1 unspecified atom stereocenters. The van der Waals surface area contributed by atoms with Crippen molar-refractivity contribution in [3.63, 3.8) is 0 Å². The Morgan fingerprint density at radius 3 is 2.87 bits per heavy atom. The fourth-order valence-corrected chi connectivity index (χ4v) is 1.10. The standard InChI is InChI=1S/C10H13NO4/c1-14-9-5-3-4-7(11-9)6-8(12)10(13)15-2/h3-5,8,12H,6H2,1-2H3. The molecule has 0 spiro atoms. The van der Waals surface area contributed by atoms with Gasteiger partial charge in [-0.15, -0.1) is 0 Å². The molecule has 0 amide bonds. The maximum atomic E-state index is 10.9. The molecule has 0 saturated carbocycles. The van der Waals surface area contributed by atoms with E-state index in [-0.39, 0.29) is 6.42 Å². The summed E-state index contributed by atoms with van der Waals surface area (Å²) in [6, 6.07) is 5.13. The summed E-state index contributed by atoms with van der Waals surface area (Å²) in [6.07, 6.45) is -1.07. The quantitative estimate of drug-likeness (QED) is 0.719. The van der Waals surface area contributed by atoms with E-state index in [0.29, 0.717) is 11.6 Å². The van der Waals surface area contributed by atoms with Crippen molar-refractivity contribution in [3.8, 4) is 5.88 Å². The van der Waals surface area contributed by atoms with Gasteiger partial charge in [0.2, 0.25) is 5.88 Å². The summed E-state index contributed by atoms with van der Waals surface area (Å²) in [6.45, 7) is 0. The summed E-state index contributed by atoms with van der Waals surface area (Å²) in [5.41, 5.74) is 0.576. The molecule has 1 rings (SSSR count). The maximum absolute atomic E-state index is 10.9. The summed E-state index contributed by atoms with van der Waals surface area (Å²) in [5, 5.41) is 9.38. The van der Waals surface area contributed by atoms with Gasteiger partial charge in [0.25, 0.3) is 0 Å². The zero-order chi connectivity index (χ0) is 11.3. The lowest BCUT2D eigenvalue weighted by atomic mass is 10.2. The van der Waals surface area contributed by atoms with Crippen molar-refractivity contribution in [3.05, 3.63) is 23.9 Å². The van der Waals surface area contributed by atoms with Gasteiger partial charge in [0.05, 0.1) is 14.2 Å². The summed E-state index contributed by atoms with van der Waals surface area (Å²) in [5.74, 6) is -0.218. The molecule has 0 saturated heterocycles. The average Bonchev–Trinajstić information content (AvgIpc) is 2.28. The first kappa shape index (κ1) is 11.5. The van der Waals surface area contributed by atoms with Gasteiger partial charge in [-0.25, -0.2) is 9.78 Å². The van der Waals surface area contributed by atoms with E-state index >= 15 is 0 Å². The fourth-order valence-electron chi connectivity index (χ4n) is 1.10. The van der Waals surface area contributed by atoms with Crippen LogP contribution in [0.4, 0.5) is 0 Å². The molecule has 0 bridgehead atoms. The summed E-state index contributed by atoms with van der Waals surface area (Å²) < 4.78 is 9.31. The van der Waals surface area contributed by atoms with Gasteiger partial charge in [-0.2, -0.15) is 0 Å². The molecule has 5 heteroatoms. The highest BCUT2D eigenvalue weighted by atomic mass is 16.5. The van der Waals surface area contributed by atoms with Gasteiger partial charge < -0.3 is 14.6 Å². The number of ether oxygens (including phenoxy) is 2. The summed E-state index contributed by atoms with van der Waals surface area (Å²) >= 11 is 0. The van der Waals surface area contributed by atoms with Gasteiger partial charge in [-0.05, 0) is 6.07 Å². The second kappa shape index (κ2) is 5.31. The smallest absolute Gasteiger partial charge is 0.335 e. The molecule has 82 valence electrons. The van der Waals surface area contributed by atoms with E-state index in [9.17, 15) is 9.90 Å². The molecule has 0 fully saturated rings. The Hall–Kier alpha value is -1.62. The van der Waals surface area contributed by atoms with E-state index in [1.807, 2.05) is 0 Å². The zero-order valence-electron chi connectivity index (χ0n) is 8.64. The molecule has 1 atom stereocenters. The third-order valence-electron chi connectivity index (χ3n) is 1.87. The van der Waals surface area contributed by atoms with Gasteiger partial charge in [-0.1, -0.05) is 6.07 Å². The third-order valence-corrected chi connectivity index (χ3v) is 1.87. The molecule has 0 aliphatic carbocycles. The second-order valence-corrected chi connectivity index (χ2v) is 2.91. The van der Waals surface area contributed by atoms with Crippen molar-refractivity contribution < 1.29 is 19.4 Å². The highest BCUT2D eigenvalue weighted by molar-refractivity contribution is 5.74. The lowest BCUT2D eigenvalue weighted by Gasteiger charge is -2.08. The number of hydrogen-bond acceptors (Lipinski definition) is 5. The van der Waals surface area contributed by atoms with E-state index in [0.717, 1.165) is 0 Å². The molecule has 15 heavy (non-hydrogen) atoms. The van der Waals surface area contributed by atoms with Crippen molar-refractivity contribution in [2.45, 2.75) is 12.5 Å². The minimum Gasteiger partial charge on any atom is -0.481 e. The van der Waals surface area contributed by atoms with E-state index in [2.05, 4.69) is 9.72 Å². The Morgan fingerprint density at radius 1 is 1.53 bits per heavy atom. The second-order valence-electron chi connectivity index (χ2n) is 2.91. The maximum Gasteiger partial charge on any atom is 0.335 e. The Morgan fingerprint density at radius 2 is 2.27 bits per heavy atom. The van der Waals surface area contributed by atoms with Gasteiger partial charge >= 0.3 is 5.97 Å². The summed E-state index contributed by atoms with van der Waals surface area (Å²) in [4.78, 5) is 15.0. The molecule has 1 N–H and O–H groups in total. The number of methoxy groups -OCH3 is 2. The molecule has 0 aliphatic rings. The van der Waals surface area contributed by atoms with Crippen LogP contribution in [0.25, 0.3) is 0 Å². The Balaban J connectivity index is 2.67. The number of aliphatic hydroxyl groups is 1. The normalized spacial score (nSPS) is 11.9. The molecule has 1 aromatic rings. The first-order valence-corrected chi connectivity index (χ1v) is 4.43. The van der Waals surface area contributed by atoms with Crippen LogP contribution in [0.2, 0.25) is 0 Å². The van der Waals surface area contributed by atoms with Crippen molar-refractivity contribution in [2.24, 2.45) is 0 Å². The molecule has 0 radical (unpaired) electrons.